The second kappa shape index (κ2) is 8.04. The monoisotopic (exact) mass is 382 g/mol. The van der Waals surface area contributed by atoms with Gasteiger partial charge in [0.2, 0.25) is 5.91 Å². The zero-order valence-corrected chi connectivity index (χ0v) is 16.2. The number of hydrogen-bond donors (Lipinski definition) is 1. The number of ether oxygens (including phenoxy) is 1. The molecule has 2 amide bonds. The summed E-state index contributed by atoms with van der Waals surface area (Å²) in [5, 5.41) is 2.90. The molecule has 2 aromatic rings. The standard InChI is InChI=1S/C21H26N4O3/c1-28-18-7-4-15(5-8-18)6-9-19(26)22-12-17-14-24-10-11-25(13-16-2-3-16)21(27)20(24)23-17/h4-5,7-8,14,16H,2-3,6,9-13H2,1H3,(H,22,26). The molecule has 0 saturated heterocycles. The van der Waals surface area contributed by atoms with Crippen LogP contribution in [0, 0.1) is 5.92 Å². The molecule has 1 saturated carbocycles. The zero-order chi connectivity index (χ0) is 19.5. The first-order chi connectivity index (χ1) is 13.6. The summed E-state index contributed by atoms with van der Waals surface area (Å²) in [6.07, 6.45) is 5.42. The van der Waals surface area contributed by atoms with Crippen LogP contribution in [0.25, 0.3) is 0 Å². The molecule has 0 unspecified atom stereocenters. The highest BCUT2D eigenvalue weighted by Gasteiger charge is 2.31. The van der Waals surface area contributed by atoms with Crippen LogP contribution < -0.4 is 10.1 Å². The van der Waals surface area contributed by atoms with Crippen molar-refractivity contribution < 1.29 is 14.3 Å². The fourth-order valence-corrected chi connectivity index (χ4v) is 3.48. The molecule has 0 atom stereocenters. The number of amides is 2. The van der Waals surface area contributed by atoms with Crippen LogP contribution in [0.5, 0.6) is 5.75 Å². The minimum atomic E-state index is -0.0246. The minimum Gasteiger partial charge on any atom is -0.497 e. The Kier molecular flexibility index (Phi) is 5.32. The van der Waals surface area contributed by atoms with Gasteiger partial charge < -0.3 is 19.5 Å². The van der Waals surface area contributed by atoms with Gasteiger partial charge in [-0.1, -0.05) is 12.1 Å². The number of rotatable bonds is 8. The number of methoxy groups -OCH3 is 1. The maximum Gasteiger partial charge on any atom is 0.289 e. The highest BCUT2D eigenvalue weighted by atomic mass is 16.5. The van der Waals surface area contributed by atoms with E-state index in [0.717, 1.165) is 36.6 Å². The van der Waals surface area contributed by atoms with E-state index in [2.05, 4.69) is 10.3 Å². The number of nitrogens with one attached hydrogen (secondary N) is 1. The van der Waals surface area contributed by atoms with E-state index in [9.17, 15) is 9.59 Å². The van der Waals surface area contributed by atoms with Gasteiger partial charge in [0.05, 0.1) is 19.3 Å². The maximum atomic E-state index is 12.6. The van der Waals surface area contributed by atoms with E-state index in [1.807, 2.05) is 39.9 Å². The van der Waals surface area contributed by atoms with Gasteiger partial charge >= 0.3 is 0 Å². The number of hydrogen-bond acceptors (Lipinski definition) is 4. The van der Waals surface area contributed by atoms with Gasteiger partial charge in [-0.25, -0.2) is 4.98 Å². The number of carbonyl (C=O) groups excluding carboxylic acids is 2. The Hall–Kier alpha value is -2.83. The molecule has 28 heavy (non-hydrogen) atoms. The van der Waals surface area contributed by atoms with E-state index in [1.165, 1.54) is 12.8 Å². The molecule has 1 aromatic carbocycles. The third-order valence-electron chi connectivity index (χ3n) is 5.36. The molecular weight excluding hydrogens is 356 g/mol. The lowest BCUT2D eigenvalue weighted by Gasteiger charge is -2.27. The summed E-state index contributed by atoms with van der Waals surface area (Å²) in [5.41, 5.74) is 1.82. The maximum absolute atomic E-state index is 12.6. The van der Waals surface area contributed by atoms with Crippen LogP contribution >= 0.6 is 0 Å². The molecule has 1 aliphatic carbocycles. The van der Waals surface area contributed by atoms with Crippen molar-refractivity contribution in [3.05, 3.63) is 47.5 Å². The van der Waals surface area contributed by atoms with Crippen LogP contribution in [0.4, 0.5) is 0 Å². The molecule has 1 aliphatic heterocycles. The minimum absolute atomic E-state index is 0.00947. The molecule has 0 spiro atoms. The highest BCUT2D eigenvalue weighted by Crippen LogP contribution is 2.30. The first-order valence-corrected chi connectivity index (χ1v) is 9.87. The third-order valence-corrected chi connectivity index (χ3v) is 5.36. The molecule has 1 N–H and O–H groups in total. The highest BCUT2D eigenvalue weighted by molar-refractivity contribution is 5.91. The van der Waals surface area contributed by atoms with Crippen LogP contribution in [-0.4, -0.2) is 46.5 Å². The van der Waals surface area contributed by atoms with Gasteiger partial charge in [0.25, 0.3) is 5.91 Å². The van der Waals surface area contributed by atoms with Crippen LogP contribution in [0.1, 0.15) is 41.1 Å². The van der Waals surface area contributed by atoms with E-state index in [0.29, 0.717) is 31.1 Å². The lowest BCUT2D eigenvalue weighted by molar-refractivity contribution is -0.121. The lowest BCUT2D eigenvalue weighted by Crippen LogP contribution is -2.41. The summed E-state index contributed by atoms with van der Waals surface area (Å²) in [5.74, 6) is 1.96. The van der Waals surface area contributed by atoms with Crippen LogP contribution in [0.3, 0.4) is 0 Å². The van der Waals surface area contributed by atoms with Crippen molar-refractivity contribution in [3.8, 4) is 5.75 Å². The summed E-state index contributed by atoms with van der Waals surface area (Å²) in [6, 6.07) is 7.72. The smallest absolute Gasteiger partial charge is 0.289 e. The normalized spacial score (nSPS) is 16.0. The van der Waals surface area contributed by atoms with E-state index in [-0.39, 0.29) is 11.8 Å². The molecule has 2 heterocycles. The molecule has 4 rings (SSSR count). The molecule has 1 fully saturated rings. The Morgan fingerprint density at radius 1 is 1.25 bits per heavy atom. The molecule has 2 aliphatic rings. The number of aromatic nitrogens is 2. The Morgan fingerprint density at radius 2 is 2.04 bits per heavy atom. The first-order valence-electron chi connectivity index (χ1n) is 9.87. The molecular formula is C21H26N4O3. The average Bonchev–Trinajstić information content (AvgIpc) is 3.43. The first kappa shape index (κ1) is 18.5. The van der Waals surface area contributed by atoms with Gasteiger partial charge in [-0.3, -0.25) is 9.59 Å². The number of fused-ring (bicyclic) bond motifs is 1. The summed E-state index contributed by atoms with van der Waals surface area (Å²) in [7, 11) is 1.63. The van der Waals surface area contributed by atoms with Crippen molar-refractivity contribution in [1.29, 1.82) is 0 Å². The Morgan fingerprint density at radius 3 is 2.75 bits per heavy atom. The third kappa shape index (κ3) is 4.35. The number of imidazole rings is 1. The molecule has 7 nitrogen and oxygen atoms in total. The largest absolute Gasteiger partial charge is 0.497 e. The van der Waals surface area contributed by atoms with Crippen molar-refractivity contribution >= 4 is 11.8 Å². The fraction of sp³-hybridized carbons (Fsp3) is 0.476. The number of benzene rings is 1. The van der Waals surface area contributed by atoms with E-state index < -0.39 is 0 Å². The molecule has 0 radical (unpaired) electrons. The zero-order valence-electron chi connectivity index (χ0n) is 16.2. The van der Waals surface area contributed by atoms with Gasteiger partial charge in [-0.2, -0.15) is 0 Å². The van der Waals surface area contributed by atoms with E-state index >= 15 is 0 Å². The van der Waals surface area contributed by atoms with Crippen molar-refractivity contribution in [1.82, 2.24) is 19.8 Å². The number of aryl methyl sites for hydroxylation is 1. The molecule has 1 aromatic heterocycles. The fourth-order valence-electron chi connectivity index (χ4n) is 3.48. The van der Waals surface area contributed by atoms with Crippen molar-refractivity contribution in [3.63, 3.8) is 0 Å². The van der Waals surface area contributed by atoms with Gasteiger partial charge in [0.15, 0.2) is 5.82 Å². The lowest BCUT2D eigenvalue weighted by atomic mass is 10.1. The summed E-state index contributed by atoms with van der Waals surface area (Å²) in [4.78, 5) is 31.1. The van der Waals surface area contributed by atoms with Crippen LogP contribution in [-0.2, 0) is 24.3 Å². The predicted octanol–water partition coefficient (Wildman–Crippen LogP) is 2.01. The number of nitrogens with zero attached hydrogens (tertiary/aromatic N) is 3. The predicted molar refractivity (Wildman–Crippen MR) is 104 cm³/mol. The quantitative estimate of drug-likeness (QED) is 0.758. The SMILES string of the molecule is COc1ccc(CCC(=O)NCc2cn3c(n2)C(=O)N(CC2CC2)CC3)cc1. The second-order valence-corrected chi connectivity index (χ2v) is 7.57. The Labute approximate surface area is 164 Å². The van der Waals surface area contributed by atoms with Crippen molar-refractivity contribution in [2.75, 3.05) is 20.2 Å². The van der Waals surface area contributed by atoms with Crippen LogP contribution in [0.15, 0.2) is 30.5 Å². The van der Waals surface area contributed by atoms with Crippen LogP contribution in [0.2, 0.25) is 0 Å². The summed E-state index contributed by atoms with van der Waals surface area (Å²) < 4.78 is 7.04. The molecule has 0 bridgehead atoms. The average molecular weight is 382 g/mol. The number of carbonyl (C=O) groups is 2. The van der Waals surface area contributed by atoms with Gasteiger partial charge in [-0.05, 0) is 42.9 Å². The molecule has 148 valence electrons. The van der Waals surface area contributed by atoms with E-state index in [1.54, 1.807) is 7.11 Å². The van der Waals surface area contributed by atoms with Gasteiger partial charge in [0, 0.05) is 32.3 Å². The van der Waals surface area contributed by atoms with Crippen molar-refractivity contribution in [2.24, 2.45) is 5.92 Å². The van der Waals surface area contributed by atoms with Gasteiger partial charge in [-0.15, -0.1) is 0 Å². The topological polar surface area (TPSA) is 76.5 Å². The second-order valence-electron chi connectivity index (χ2n) is 7.57. The van der Waals surface area contributed by atoms with Gasteiger partial charge in [0.1, 0.15) is 5.75 Å². The Balaban J connectivity index is 1.26. The summed E-state index contributed by atoms with van der Waals surface area (Å²) >= 11 is 0. The van der Waals surface area contributed by atoms with E-state index in [4.69, 9.17) is 4.74 Å². The molecule has 7 heteroatoms. The summed E-state index contributed by atoms with van der Waals surface area (Å²) in [6.45, 7) is 2.71. The Bertz CT molecular complexity index is 855. The van der Waals surface area contributed by atoms with Crippen molar-refractivity contribution in [2.45, 2.75) is 38.8 Å².